The van der Waals surface area contributed by atoms with Gasteiger partial charge in [-0.15, -0.1) is 11.3 Å². The van der Waals surface area contributed by atoms with Gasteiger partial charge in [0, 0.05) is 28.9 Å². The van der Waals surface area contributed by atoms with Crippen molar-refractivity contribution in [1.29, 1.82) is 0 Å². The molecule has 3 rings (SSSR count). The van der Waals surface area contributed by atoms with Gasteiger partial charge in [-0.3, -0.25) is 0 Å². The van der Waals surface area contributed by atoms with E-state index in [1.54, 1.807) is 0 Å². The summed E-state index contributed by atoms with van der Waals surface area (Å²) in [5.41, 5.74) is 1.32. The van der Waals surface area contributed by atoms with Gasteiger partial charge in [-0.25, -0.2) is 0 Å². The van der Waals surface area contributed by atoms with E-state index in [1.165, 1.54) is 34.8 Å². The number of hydrogen-bond acceptors (Lipinski definition) is 3. The third-order valence-electron chi connectivity index (χ3n) is 4.37. The first kappa shape index (κ1) is 14.8. The Kier molecular flexibility index (Phi) is 4.73. The van der Waals surface area contributed by atoms with Crippen LogP contribution in [0.4, 0.5) is 0 Å². The zero-order chi connectivity index (χ0) is 14.7. The molecule has 1 fully saturated rings. The summed E-state index contributed by atoms with van der Waals surface area (Å²) in [7, 11) is 2.22. The van der Waals surface area contributed by atoms with Gasteiger partial charge in [0.2, 0.25) is 0 Å². The van der Waals surface area contributed by atoms with Crippen LogP contribution in [0.15, 0.2) is 42.5 Å². The summed E-state index contributed by atoms with van der Waals surface area (Å²) in [5.74, 6) is 0.734. The Morgan fingerprint density at radius 1 is 1.19 bits per heavy atom. The van der Waals surface area contributed by atoms with Gasteiger partial charge >= 0.3 is 0 Å². The van der Waals surface area contributed by atoms with Gasteiger partial charge in [-0.1, -0.05) is 37.3 Å². The third-order valence-corrected chi connectivity index (χ3v) is 5.50. The summed E-state index contributed by atoms with van der Waals surface area (Å²) in [6, 6.07) is 15.8. The molecule has 2 nitrogen and oxygen atoms in total. The van der Waals surface area contributed by atoms with Crippen molar-refractivity contribution in [1.82, 2.24) is 10.2 Å². The molecule has 0 saturated carbocycles. The van der Waals surface area contributed by atoms with Crippen molar-refractivity contribution >= 4 is 11.3 Å². The Hall–Kier alpha value is -1.16. The highest BCUT2D eigenvalue weighted by Crippen LogP contribution is 2.28. The molecule has 2 aromatic rings. The lowest BCUT2D eigenvalue weighted by atomic mass is 9.94. The number of piperidine rings is 1. The van der Waals surface area contributed by atoms with Crippen LogP contribution >= 0.6 is 11.3 Å². The minimum atomic E-state index is 0.656. The smallest absolute Gasteiger partial charge is 0.0346 e. The van der Waals surface area contributed by atoms with E-state index in [-0.39, 0.29) is 0 Å². The van der Waals surface area contributed by atoms with Gasteiger partial charge < -0.3 is 10.2 Å². The fraction of sp³-hybridized carbons (Fsp3) is 0.444. The topological polar surface area (TPSA) is 15.3 Å². The van der Waals surface area contributed by atoms with Crippen LogP contribution in [0.5, 0.6) is 0 Å². The van der Waals surface area contributed by atoms with Gasteiger partial charge in [0.15, 0.2) is 0 Å². The Bertz CT molecular complexity index is 564. The second-order valence-electron chi connectivity index (χ2n) is 6.15. The summed E-state index contributed by atoms with van der Waals surface area (Å²) in [4.78, 5) is 5.23. The maximum Gasteiger partial charge on any atom is 0.0346 e. The summed E-state index contributed by atoms with van der Waals surface area (Å²) >= 11 is 1.90. The van der Waals surface area contributed by atoms with Crippen molar-refractivity contribution in [3.8, 4) is 10.4 Å². The Labute approximate surface area is 131 Å². The van der Waals surface area contributed by atoms with Crippen molar-refractivity contribution in [2.75, 3.05) is 20.1 Å². The summed E-state index contributed by atoms with van der Waals surface area (Å²) in [6.07, 6.45) is 1.26. The minimum absolute atomic E-state index is 0.656. The standard InChI is InChI=1S/C18H24N2S/c1-14-13-20(2)11-10-17(14)19-12-16-8-9-18(21-16)15-6-4-3-5-7-15/h3-9,14,17,19H,10-13H2,1-2H3. The molecule has 1 aliphatic heterocycles. The van der Waals surface area contributed by atoms with Gasteiger partial charge in [0.25, 0.3) is 0 Å². The van der Waals surface area contributed by atoms with Crippen molar-refractivity contribution in [2.45, 2.75) is 25.9 Å². The van der Waals surface area contributed by atoms with E-state index in [0.29, 0.717) is 6.04 Å². The fourth-order valence-corrected chi connectivity index (χ4v) is 4.08. The minimum Gasteiger partial charge on any atom is -0.309 e. The molecule has 1 saturated heterocycles. The van der Waals surface area contributed by atoms with Crippen LogP contribution in [0.1, 0.15) is 18.2 Å². The molecule has 1 aromatic heterocycles. The summed E-state index contributed by atoms with van der Waals surface area (Å²) in [6.45, 7) is 5.77. The van der Waals surface area contributed by atoms with E-state index in [9.17, 15) is 0 Å². The lowest BCUT2D eigenvalue weighted by Gasteiger charge is -2.35. The quantitative estimate of drug-likeness (QED) is 0.923. The van der Waals surface area contributed by atoms with Gasteiger partial charge in [0.05, 0.1) is 0 Å². The normalized spacial score (nSPS) is 23.3. The molecule has 0 radical (unpaired) electrons. The molecule has 1 aromatic carbocycles. The number of nitrogens with one attached hydrogen (secondary N) is 1. The van der Waals surface area contributed by atoms with Gasteiger partial charge in [-0.05, 0) is 43.6 Å². The fourth-order valence-electron chi connectivity index (χ4n) is 3.12. The van der Waals surface area contributed by atoms with Crippen LogP contribution in [0.2, 0.25) is 0 Å². The average molecular weight is 300 g/mol. The van der Waals surface area contributed by atoms with E-state index in [1.807, 2.05) is 11.3 Å². The number of hydrogen-bond donors (Lipinski definition) is 1. The molecule has 2 unspecified atom stereocenters. The molecule has 0 amide bonds. The van der Waals surface area contributed by atoms with Crippen LogP contribution in [0.25, 0.3) is 10.4 Å². The van der Waals surface area contributed by atoms with Crippen molar-refractivity contribution < 1.29 is 0 Å². The maximum absolute atomic E-state index is 3.76. The second-order valence-corrected chi connectivity index (χ2v) is 7.32. The van der Waals surface area contributed by atoms with Crippen LogP contribution in [-0.2, 0) is 6.54 Å². The summed E-state index contributed by atoms with van der Waals surface area (Å²) < 4.78 is 0. The molecule has 112 valence electrons. The first-order valence-corrected chi connectivity index (χ1v) is 8.60. The molecule has 3 heteroatoms. The molecule has 0 spiro atoms. The molecule has 2 atom stereocenters. The van der Waals surface area contributed by atoms with Crippen LogP contribution in [-0.4, -0.2) is 31.1 Å². The molecule has 21 heavy (non-hydrogen) atoms. The summed E-state index contributed by atoms with van der Waals surface area (Å²) in [5, 5.41) is 3.76. The molecule has 1 N–H and O–H groups in total. The third kappa shape index (κ3) is 3.73. The van der Waals surface area contributed by atoms with Crippen molar-refractivity contribution in [3.05, 3.63) is 47.3 Å². The van der Waals surface area contributed by atoms with Gasteiger partial charge in [-0.2, -0.15) is 0 Å². The molecule has 0 bridgehead atoms. The van der Waals surface area contributed by atoms with E-state index < -0.39 is 0 Å². The van der Waals surface area contributed by atoms with E-state index >= 15 is 0 Å². The zero-order valence-corrected chi connectivity index (χ0v) is 13.7. The number of nitrogens with zero attached hydrogens (tertiary/aromatic N) is 1. The van der Waals surface area contributed by atoms with Crippen molar-refractivity contribution in [3.63, 3.8) is 0 Å². The second kappa shape index (κ2) is 6.73. The molecule has 2 heterocycles. The first-order chi connectivity index (χ1) is 10.2. The number of benzene rings is 1. The first-order valence-electron chi connectivity index (χ1n) is 7.78. The monoisotopic (exact) mass is 300 g/mol. The van der Waals surface area contributed by atoms with E-state index in [0.717, 1.165) is 12.5 Å². The highest BCUT2D eigenvalue weighted by Gasteiger charge is 2.23. The van der Waals surface area contributed by atoms with Crippen LogP contribution in [0, 0.1) is 5.92 Å². The highest BCUT2D eigenvalue weighted by atomic mass is 32.1. The maximum atomic E-state index is 3.76. The lowest BCUT2D eigenvalue weighted by molar-refractivity contribution is 0.174. The lowest BCUT2D eigenvalue weighted by Crippen LogP contribution is -2.46. The van der Waals surface area contributed by atoms with Crippen LogP contribution in [0.3, 0.4) is 0 Å². The molecule has 0 aliphatic carbocycles. The van der Waals surface area contributed by atoms with E-state index in [4.69, 9.17) is 0 Å². The SMILES string of the molecule is CC1CN(C)CCC1NCc1ccc(-c2ccccc2)s1. The average Bonchev–Trinajstić information content (AvgIpc) is 2.96. The number of likely N-dealkylation sites (tertiary alicyclic amines) is 1. The van der Waals surface area contributed by atoms with Crippen molar-refractivity contribution in [2.24, 2.45) is 5.92 Å². The molecular formula is C18H24N2S. The predicted molar refractivity (Wildman–Crippen MR) is 91.7 cm³/mol. The van der Waals surface area contributed by atoms with Crippen LogP contribution < -0.4 is 5.32 Å². The van der Waals surface area contributed by atoms with E-state index in [2.05, 4.69) is 66.7 Å². The molecular weight excluding hydrogens is 276 g/mol. The molecule has 1 aliphatic rings. The number of thiophene rings is 1. The highest BCUT2D eigenvalue weighted by molar-refractivity contribution is 7.15. The Balaban J connectivity index is 1.58. The Morgan fingerprint density at radius 3 is 2.76 bits per heavy atom. The van der Waals surface area contributed by atoms with Gasteiger partial charge in [0.1, 0.15) is 0 Å². The largest absolute Gasteiger partial charge is 0.309 e. The Morgan fingerprint density at radius 2 is 2.00 bits per heavy atom. The predicted octanol–water partition coefficient (Wildman–Crippen LogP) is 3.84. The zero-order valence-electron chi connectivity index (χ0n) is 12.9. The number of rotatable bonds is 4.